The highest BCUT2D eigenvalue weighted by Crippen LogP contribution is 2.28. The van der Waals surface area contributed by atoms with Crippen LogP contribution in [0, 0.1) is 0 Å². The Kier molecular flexibility index (Phi) is 4.92. The number of ether oxygens (including phenoxy) is 2. The monoisotopic (exact) mass is 337 g/mol. The first-order valence-corrected chi connectivity index (χ1v) is 6.87. The standard InChI is InChI=1S/C14H16BrN3O2/c1-19-13-4-3-9(5-11(13)15)12(16)6-10-7-14(20-2)18-8-17-10/h3-5,7-8,12H,6,16H2,1-2H3. The molecule has 2 aromatic rings. The molecule has 0 aliphatic rings. The number of rotatable bonds is 5. The molecular formula is C14H16BrN3O2. The Bertz CT molecular complexity index is 592. The summed E-state index contributed by atoms with van der Waals surface area (Å²) in [4.78, 5) is 8.18. The number of nitrogens with zero attached hydrogens (tertiary/aromatic N) is 2. The molecule has 1 aromatic heterocycles. The van der Waals surface area contributed by atoms with Gasteiger partial charge in [-0.1, -0.05) is 6.07 Å². The van der Waals surface area contributed by atoms with Crippen LogP contribution in [0.5, 0.6) is 11.6 Å². The van der Waals surface area contributed by atoms with E-state index in [1.54, 1.807) is 20.3 Å². The van der Waals surface area contributed by atoms with Crippen LogP contribution in [0.15, 0.2) is 35.1 Å². The summed E-state index contributed by atoms with van der Waals surface area (Å²) in [6.45, 7) is 0. The van der Waals surface area contributed by atoms with Gasteiger partial charge in [-0.05, 0) is 33.6 Å². The van der Waals surface area contributed by atoms with Gasteiger partial charge in [-0.15, -0.1) is 0 Å². The van der Waals surface area contributed by atoms with E-state index in [2.05, 4.69) is 25.9 Å². The largest absolute Gasteiger partial charge is 0.496 e. The second-order valence-electron chi connectivity index (χ2n) is 4.26. The van der Waals surface area contributed by atoms with Crippen LogP contribution in [0.4, 0.5) is 0 Å². The summed E-state index contributed by atoms with van der Waals surface area (Å²) in [7, 11) is 3.21. The minimum absolute atomic E-state index is 0.156. The zero-order valence-electron chi connectivity index (χ0n) is 11.3. The maximum atomic E-state index is 6.22. The van der Waals surface area contributed by atoms with E-state index in [4.69, 9.17) is 15.2 Å². The molecule has 1 aromatic carbocycles. The van der Waals surface area contributed by atoms with E-state index in [9.17, 15) is 0 Å². The van der Waals surface area contributed by atoms with Gasteiger partial charge in [-0.2, -0.15) is 0 Å². The topological polar surface area (TPSA) is 70.3 Å². The number of benzene rings is 1. The lowest BCUT2D eigenvalue weighted by atomic mass is 10.0. The smallest absolute Gasteiger partial charge is 0.216 e. The Morgan fingerprint density at radius 2 is 2.00 bits per heavy atom. The summed E-state index contributed by atoms with van der Waals surface area (Å²) in [6, 6.07) is 7.43. The predicted octanol–water partition coefficient (Wildman–Crippen LogP) is 2.50. The molecule has 5 nitrogen and oxygen atoms in total. The fourth-order valence-corrected chi connectivity index (χ4v) is 2.42. The number of methoxy groups -OCH3 is 2. The highest BCUT2D eigenvalue weighted by Gasteiger charge is 2.11. The van der Waals surface area contributed by atoms with Gasteiger partial charge in [0.05, 0.1) is 18.7 Å². The summed E-state index contributed by atoms with van der Waals surface area (Å²) < 4.78 is 11.2. The normalized spacial score (nSPS) is 12.0. The Balaban J connectivity index is 2.14. The van der Waals surface area contributed by atoms with Crippen molar-refractivity contribution in [2.24, 2.45) is 5.73 Å². The van der Waals surface area contributed by atoms with Crippen LogP contribution in [-0.2, 0) is 6.42 Å². The highest BCUT2D eigenvalue weighted by atomic mass is 79.9. The Morgan fingerprint density at radius 1 is 1.20 bits per heavy atom. The van der Waals surface area contributed by atoms with E-state index in [1.807, 2.05) is 18.2 Å². The summed E-state index contributed by atoms with van der Waals surface area (Å²) >= 11 is 3.46. The average Bonchev–Trinajstić information content (AvgIpc) is 2.47. The molecule has 0 aliphatic heterocycles. The number of hydrogen-bond acceptors (Lipinski definition) is 5. The third-order valence-electron chi connectivity index (χ3n) is 2.94. The fourth-order valence-electron chi connectivity index (χ4n) is 1.86. The summed E-state index contributed by atoms with van der Waals surface area (Å²) in [5.74, 6) is 1.32. The zero-order valence-corrected chi connectivity index (χ0v) is 12.9. The van der Waals surface area contributed by atoms with Crippen LogP contribution in [0.25, 0.3) is 0 Å². The van der Waals surface area contributed by atoms with Gasteiger partial charge in [0.1, 0.15) is 12.1 Å². The minimum Gasteiger partial charge on any atom is -0.496 e. The van der Waals surface area contributed by atoms with Gasteiger partial charge in [0.25, 0.3) is 0 Å². The molecule has 0 fully saturated rings. The third-order valence-corrected chi connectivity index (χ3v) is 3.56. The van der Waals surface area contributed by atoms with Crippen molar-refractivity contribution in [2.45, 2.75) is 12.5 Å². The van der Waals surface area contributed by atoms with Crippen molar-refractivity contribution < 1.29 is 9.47 Å². The maximum absolute atomic E-state index is 6.22. The molecule has 1 heterocycles. The Hall–Kier alpha value is -1.66. The molecule has 0 amide bonds. The lowest BCUT2D eigenvalue weighted by Crippen LogP contribution is -2.14. The van der Waals surface area contributed by atoms with Gasteiger partial charge in [-0.25, -0.2) is 9.97 Å². The number of halogens is 1. The molecule has 6 heteroatoms. The minimum atomic E-state index is -0.156. The van der Waals surface area contributed by atoms with Gasteiger partial charge in [0, 0.05) is 24.2 Å². The molecule has 0 spiro atoms. The van der Waals surface area contributed by atoms with E-state index in [0.717, 1.165) is 21.5 Å². The predicted molar refractivity (Wildman–Crippen MR) is 79.9 cm³/mol. The molecular weight excluding hydrogens is 322 g/mol. The molecule has 1 atom stereocenters. The molecule has 0 radical (unpaired) electrons. The molecule has 2 rings (SSSR count). The van der Waals surface area contributed by atoms with Gasteiger partial charge in [0.15, 0.2) is 0 Å². The number of nitrogens with two attached hydrogens (primary N) is 1. The molecule has 20 heavy (non-hydrogen) atoms. The lowest BCUT2D eigenvalue weighted by Gasteiger charge is -2.13. The second-order valence-corrected chi connectivity index (χ2v) is 5.11. The molecule has 0 aliphatic carbocycles. The molecule has 0 saturated carbocycles. The number of hydrogen-bond donors (Lipinski definition) is 1. The molecule has 2 N–H and O–H groups in total. The van der Waals surface area contributed by atoms with E-state index >= 15 is 0 Å². The molecule has 0 saturated heterocycles. The van der Waals surface area contributed by atoms with Crippen LogP contribution in [0.3, 0.4) is 0 Å². The van der Waals surface area contributed by atoms with Crippen molar-refractivity contribution in [3.05, 3.63) is 46.3 Å². The van der Waals surface area contributed by atoms with E-state index in [-0.39, 0.29) is 6.04 Å². The van der Waals surface area contributed by atoms with Crippen molar-refractivity contribution in [1.82, 2.24) is 9.97 Å². The van der Waals surface area contributed by atoms with Crippen LogP contribution in [-0.4, -0.2) is 24.2 Å². The molecule has 1 unspecified atom stereocenters. The van der Waals surface area contributed by atoms with Gasteiger partial charge < -0.3 is 15.2 Å². The van der Waals surface area contributed by atoms with Gasteiger partial charge in [0.2, 0.25) is 5.88 Å². The first-order chi connectivity index (χ1) is 9.63. The SMILES string of the molecule is COc1cc(CC(N)c2ccc(OC)c(Br)c2)ncn1. The van der Waals surface area contributed by atoms with Crippen molar-refractivity contribution >= 4 is 15.9 Å². The first kappa shape index (κ1) is 14.7. The summed E-state index contributed by atoms with van der Waals surface area (Å²) in [5.41, 5.74) is 8.07. The van der Waals surface area contributed by atoms with E-state index in [1.165, 1.54) is 6.33 Å². The summed E-state index contributed by atoms with van der Waals surface area (Å²) in [5, 5.41) is 0. The first-order valence-electron chi connectivity index (χ1n) is 6.08. The van der Waals surface area contributed by atoms with Crippen LogP contribution in [0.1, 0.15) is 17.3 Å². The van der Waals surface area contributed by atoms with E-state index < -0.39 is 0 Å². The highest BCUT2D eigenvalue weighted by molar-refractivity contribution is 9.10. The second kappa shape index (κ2) is 6.67. The Morgan fingerprint density at radius 3 is 2.65 bits per heavy atom. The maximum Gasteiger partial charge on any atom is 0.216 e. The lowest BCUT2D eigenvalue weighted by molar-refractivity contribution is 0.395. The Labute approximate surface area is 126 Å². The molecule has 106 valence electrons. The van der Waals surface area contributed by atoms with Crippen LogP contribution in [0.2, 0.25) is 0 Å². The summed E-state index contributed by atoms with van der Waals surface area (Å²) in [6.07, 6.45) is 2.09. The average molecular weight is 338 g/mol. The van der Waals surface area contributed by atoms with E-state index in [0.29, 0.717) is 12.3 Å². The van der Waals surface area contributed by atoms with Crippen molar-refractivity contribution in [2.75, 3.05) is 14.2 Å². The quantitative estimate of drug-likeness (QED) is 0.907. The van der Waals surface area contributed by atoms with Crippen LogP contribution >= 0.6 is 15.9 Å². The third kappa shape index (κ3) is 3.46. The molecule has 0 bridgehead atoms. The number of aromatic nitrogens is 2. The van der Waals surface area contributed by atoms with Crippen LogP contribution < -0.4 is 15.2 Å². The van der Waals surface area contributed by atoms with Crippen molar-refractivity contribution in [3.63, 3.8) is 0 Å². The van der Waals surface area contributed by atoms with Gasteiger partial charge >= 0.3 is 0 Å². The fraction of sp³-hybridized carbons (Fsp3) is 0.286. The van der Waals surface area contributed by atoms with Crippen molar-refractivity contribution in [1.29, 1.82) is 0 Å². The van der Waals surface area contributed by atoms with Crippen molar-refractivity contribution in [3.8, 4) is 11.6 Å². The zero-order chi connectivity index (χ0) is 14.5. The van der Waals surface area contributed by atoms with Gasteiger partial charge in [-0.3, -0.25) is 0 Å².